The molecule has 2 amide bonds. The summed E-state index contributed by atoms with van der Waals surface area (Å²) in [6.07, 6.45) is 0. The first-order valence-corrected chi connectivity index (χ1v) is 2.33. The first kappa shape index (κ1) is 4.43. The number of hydrogen-bond acceptors (Lipinski definition) is 1. The Bertz CT molecular complexity index is 91.7. The maximum absolute atomic E-state index is 10.2. The van der Waals surface area contributed by atoms with Crippen LogP contribution >= 0.6 is 0 Å². The molecule has 1 heterocycles. The minimum absolute atomic E-state index is 0.0486. The van der Waals surface area contributed by atoms with Crippen molar-refractivity contribution < 1.29 is 4.79 Å². The molecule has 0 unspecified atom stereocenters. The van der Waals surface area contributed by atoms with Crippen LogP contribution in [0.1, 0.15) is 6.92 Å². The molecule has 2 N–H and O–H groups in total. The molecule has 3 heteroatoms. The molecule has 1 aliphatic rings. The molecule has 0 bridgehead atoms. The largest absolute Gasteiger partial charge is 0.336 e. The van der Waals surface area contributed by atoms with Gasteiger partial charge in [-0.25, -0.2) is 4.79 Å². The molecule has 0 spiro atoms. The molecule has 40 valence electrons. The van der Waals surface area contributed by atoms with E-state index in [2.05, 4.69) is 10.6 Å². The summed E-state index contributed by atoms with van der Waals surface area (Å²) in [5, 5.41) is 5.29. The molecule has 0 aliphatic carbocycles. The summed E-state index contributed by atoms with van der Waals surface area (Å²) in [4.78, 5) is 10.2. The molecule has 0 aromatic rings. The van der Waals surface area contributed by atoms with E-state index in [1.54, 1.807) is 0 Å². The Labute approximate surface area is 42.1 Å². The third kappa shape index (κ3) is 0.824. The normalized spacial score (nSPS) is 29.3. The Kier molecular flexibility index (Phi) is 0.889. The fraction of sp³-hybridized carbons (Fsp3) is 0.750. The first-order valence-electron chi connectivity index (χ1n) is 2.33. The SMILES string of the molecule is C[C@@H]1CNC(=O)N1. The van der Waals surface area contributed by atoms with Gasteiger partial charge < -0.3 is 10.6 Å². The van der Waals surface area contributed by atoms with Crippen molar-refractivity contribution in [1.82, 2.24) is 10.6 Å². The highest BCUT2D eigenvalue weighted by Gasteiger charge is 2.13. The van der Waals surface area contributed by atoms with Crippen molar-refractivity contribution in [3.63, 3.8) is 0 Å². The maximum atomic E-state index is 10.2. The lowest BCUT2D eigenvalue weighted by Crippen LogP contribution is -2.23. The number of urea groups is 1. The van der Waals surface area contributed by atoms with E-state index in [0.29, 0.717) is 6.04 Å². The van der Waals surface area contributed by atoms with E-state index in [9.17, 15) is 4.79 Å². The second-order valence-electron chi connectivity index (χ2n) is 1.76. The standard InChI is InChI=1S/C4H8N2O/c1-3-2-5-4(7)6-3/h3H,2H2,1H3,(H2,5,6,7)/t3-/m1/s1. The van der Waals surface area contributed by atoms with Crippen LogP contribution in [0.3, 0.4) is 0 Å². The van der Waals surface area contributed by atoms with Gasteiger partial charge in [-0.3, -0.25) is 0 Å². The van der Waals surface area contributed by atoms with E-state index < -0.39 is 0 Å². The Hall–Kier alpha value is -0.730. The highest BCUT2D eigenvalue weighted by Crippen LogP contribution is 1.84. The Morgan fingerprint density at radius 1 is 1.86 bits per heavy atom. The number of nitrogens with one attached hydrogen (secondary N) is 2. The summed E-state index contributed by atoms with van der Waals surface area (Å²) in [7, 11) is 0. The average molecular weight is 100 g/mol. The van der Waals surface area contributed by atoms with Gasteiger partial charge in [0.1, 0.15) is 0 Å². The monoisotopic (exact) mass is 100 g/mol. The van der Waals surface area contributed by atoms with Crippen molar-refractivity contribution in [2.75, 3.05) is 6.54 Å². The number of carbonyl (C=O) groups is 1. The van der Waals surface area contributed by atoms with Crippen LogP contribution in [0.15, 0.2) is 0 Å². The molecule has 1 saturated heterocycles. The maximum Gasteiger partial charge on any atom is 0.315 e. The van der Waals surface area contributed by atoms with Gasteiger partial charge in [0, 0.05) is 12.6 Å². The van der Waals surface area contributed by atoms with Crippen molar-refractivity contribution in [2.45, 2.75) is 13.0 Å². The zero-order chi connectivity index (χ0) is 5.28. The highest BCUT2D eigenvalue weighted by atomic mass is 16.2. The van der Waals surface area contributed by atoms with Gasteiger partial charge in [0.2, 0.25) is 0 Å². The molecular weight excluding hydrogens is 92.1 g/mol. The number of hydrogen-bond donors (Lipinski definition) is 2. The van der Waals surface area contributed by atoms with E-state index in [1.807, 2.05) is 6.92 Å². The number of amides is 2. The molecule has 1 fully saturated rings. The summed E-state index contributed by atoms with van der Waals surface area (Å²) in [6.45, 7) is 2.72. The summed E-state index contributed by atoms with van der Waals surface area (Å²) in [6, 6.07) is 0.264. The molecule has 3 nitrogen and oxygen atoms in total. The zero-order valence-electron chi connectivity index (χ0n) is 4.19. The van der Waals surface area contributed by atoms with Gasteiger partial charge in [0.05, 0.1) is 0 Å². The quantitative estimate of drug-likeness (QED) is 0.430. The van der Waals surface area contributed by atoms with Gasteiger partial charge in [-0.1, -0.05) is 0 Å². The van der Waals surface area contributed by atoms with E-state index in [4.69, 9.17) is 0 Å². The van der Waals surface area contributed by atoms with Crippen LogP contribution in [0.5, 0.6) is 0 Å². The Morgan fingerprint density at radius 3 is 2.71 bits per heavy atom. The predicted molar refractivity (Wildman–Crippen MR) is 26.0 cm³/mol. The van der Waals surface area contributed by atoms with Crippen LogP contribution in [0.4, 0.5) is 4.79 Å². The van der Waals surface area contributed by atoms with Crippen molar-refractivity contribution in [1.29, 1.82) is 0 Å². The second-order valence-corrected chi connectivity index (χ2v) is 1.76. The fourth-order valence-electron chi connectivity index (χ4n) is 0.572. The third-order valence-corrected chi connectivity index (χ3v) is 0.946. The predicted octanol–water partition coefficient (Wildman–Crippen LogP) is -0.312. The van der Waals surface area contributed by atoms with E-state index in [1.165, 1.54) is 0 Å². The number of rotatable bonds is 0. The molecule has 1 rings (SSSR count). The van der Waals surface area contributed by atoms with Crippen LogP contribution in [-0.2, 0) is 0 Å². The fourth-order valence-corrected chi connectivity index (χ4v) is 0.572. The lowest BCUT2D eigenvalue weighted by atomic mass is 10.4. The molecule has 7 heavy (non-hydrogen) atoms. The highest BCUT2D eigenvalue weighted by molar-refractivity contribution is 5.76. The second kappa shape index (κ2) is 1.40. The summed E-state index contributed by atoms with van der Waals surface area (Å²) in [5.74, 6) is 0. The van der Waals surface area contributed by atoms with Crippen LogP contribution in [0.2, 0.25) is 0 Å². The van der Waals surface area contributed by atoms with Gasteiger partial charge in [0.25, 0.3) is 0 Å². The lowest BCUT2D eigenvalue weighted by Gasteiger charge is -1.92. The minimum atomic E-state index is -0.0486. The Balaban J connectivity index is 2.40. The van der Waals surface area contributed by atoms with E-state index >= 15 is 0 Å². The molecule has 0 aromatic carbocycles. The van der Waals surface area contributed by atoms with Crippen LogP contribution < -0.4 is 10.6 Å². The van der Waals surface area contributed by atoms with Gasteiger partial charge in [-0.15, -0.1) is 0 Å². The van der Waals surface area contributed by atoms with E-state index in [0.717, 1.165) is 6.54 Å². The molecule has 0 aromatic heterocycles. The van der Waals surface area contributed by atoms with E-state index in [-0.39, 0.29) is 6.03 Å². The average Bonchev–Trinajstić information content (AvgIpc) is 1.87. The van der Waals surface area contributed by atoms with Crippen molar-refractivity contribution in [3.8, 4) is 0 Å². The molecule has 1 atom stereocenters. The molecule has 0 saturated carbocycles. The number of carbonyl (C=O) groups excluding carboxylic acids is 1. The summed E-state index contributed by atoms with van der Waals surface area (Å²) in [5.41, 5.74) is 0. The van der Waals surface area contributed by atoms with Gasteiger partial charge in [-0.05, 0) is 6.92 Å². The smallest absolute Gasteiger partial charge is 0.315 e. The van der Waals surface area contributed by atoms with Gasteiger partial charge in [-0.2, -0.15) is 0 Å². The lowest BCUT2D eigenvalue weighted by molar-refractivity contribution is 0.247. The van der Waals surface area contributed by atoms with Crippen molar-refractivity contribution in [3.05, 3.63) is 0 Å². The van der Waals surface area contributed by atoms with Gasteiger partial charge in [0.15, 0.2) is 0 Å². The van der Waals surface area contributed by atoms with Crippen LogP contribution in [0, 0.1) is 0 Å². The van der Waals surface area contributed by atoms with Crippen LogP contribution in [0.25, 0.3) is 0 Å². The zero-order valence-corrected chi connectivity index (χ0v) is 4.19. The first-order chi connectivity index (χ1) is 3.29. The third-order valence-electron chi connectivity index (χ3n) is 0.946. The van der Waals surface area contributed by atoms with Crippen molar-refractivity contribution >= 4 is 6.03 Å². The van der Waals surface area contributed by atoms with Gasteiger partial charge >= 0.3 is 6.03 Å². The molecule has 0 radical (unpaired) electrons. The minimum Gasteiger partial charge on any atom is -0.336 e. The summed E-state index contributed by atoms with van der Waals surface area (Å²) < 4.78 is 0. The topological polar surface area (TPSA) is 41.1 Å². The summed E-state index contributed by atoms with van der Waals surface area (Å²) >= 11 is 0. The molecular formula is C4H8N2O. The molecule has 1 aliphatic heterocycles. The van der Waals surface area contributed by atoms with Crippen molar-refractivity contribution in [2.24, 2.45) is 0 Å². The van der Waals surface area contributed by atoms with Crippen LogP contribution in [-0.4, -0.2) is 18.6 Å². The Morgan fingerprint density at radius 2 is 2.57 bits per heavy atom.